The zero-order valence-corrected chi connectivity index (χ0v) is 24.0. The maximum absolute atomic E-state index is 12.9. The molecule has 3 aliphatic heterocycles. The Bertz CT molecular complexity index is 965. The van der Waals surface area contributed by atoms with E-state index in [2.05, 4.69) is 13.8 Å². The van der Waals surface area contributed by atoms with Gasteiger partial charge in [-0.1, -0.05) is 27.7 Å². The number of esters is 3. The molecule has 5 rings (SSSR count). The molecule has 2 aliphatic carbocycles. The van der Waals surface area contributed by atoms with E-state index in [0.29, 0.717) is 45.1 Å². The van der Waals surface area contributed by atoms with Gasteiger partial charge in [0, 0.05) is 38.0 Å². The number of carbonyl (C=O) groups is 3. The van der Waals surface area contributed by atoms with Gasteiger partial charge >= 0.3 is 17.9 Å². The van der Waals surface area contributed by atoms with E-state index in [9.17, 15) is 19.5 Å². The van der Waals surface area contributed by atoms with Crippen LogP contribution < -0.4 is 0 Å². The van der Waals surface area contributed by atoms with Crippen LogP contribution in [0, 0.1) is 34.5 Å². The van der Waals surface area contributed by atoms with Crippen molar-refractivity contribution in [2.24, 2.45) is 34.5 Å². The Morgan fingerprint density at radius 2 is 1.77 bits per heavy atom. The lowest BCUT2D eigenvalue weighted by atomic mass is 9.42. The smallest absolute Gasteiger partial charge is 0.308 e. The van der Waals surface area contributed by atoms with Gasteiger partial charge in [0.25, 0.3) is 0 Å². The molecule has 10 nitrogen and oxygen atoms in total. The summed E-state index contributed by atoms with van der Waals surface area (Å²) in [4.78, 5) is 37.5. The van der Waals surface area contributed by atoms with Crippen LogP contribution in [0.2, 0.25) is 0 Å². The van der Waals surface area contributed by atoms with Gasteiger partial charge in [-0.3, -0.25) is 14.4 Å². The van der Waals surface area contributed by atoms with E-state index in [1.807, 2.05) is 13.8 Å². The van der Waals surface area contributed by atoms with Crippen molar-refractivity contribution in [2.45, 2.75) is 117 Å². The predicted octanol–water partition coefficient (Wildman–Crippen LogP) is 3.12. The molecule has 3 saturated heterocycles. The van der Waals surface area contributed by atoms with E-state index in [1.165, 1.54) is 13.8 Å². The molecule has 10 heteroatoms. The molecular formula is C29H44O10. The summed E-state index contributed by atoms with van der Waals surface area (Å²) in [6, 6.07) is 0. The molecule has 5 fully saturated rings. The molecule has 3 heterocycles. The highest BCUT2D eigenvalue weighted by Gasteiger charge is 2.78. The van der Waals surface area contributed by atoms with E-state index in [1.54, 1.807) is 0 Å². The van der Waals surface area contributed by atoms with Gasteiger partial charge in [0.2, 0.25) is 0 Å². The summed E-state index contributed by atoms with van der Waals surface area (Å²) in [7, 11) is 0. The average molecular weight is 553 g/mol. The Labute approximate surface area is 230 Å². The standard InChI is InChI=1S/C29H44O10/c1-7-15(2)25(33)37-20-11-21-27(6,22-9-19-10-24(32)39-26(19)38-22)16(3)8-23(36-18(5)31)29(21,14-34-17(4)30)28(12-20)13-35-28/h15-16,19-24,26,32H,7-14H2,1-6H3/t15-,16-,19+,20+,21-,22+,23+,24-,26-,27+,28+,29+/m1/s1. The average Bonchev–Trinajstić information content (AvgIpc) is 3.38. The van der Waals surface area contributed by atoms with Crippen LogP contribution in [0.25, 0.3) is 0 Å². The second-order valence-corrected chi connectivity index (χ2v) is 12.9. The summed E-state index contributed by atoms with van der Waals surface area (Å²) in [5, 5.41) is 10.0. The lowest BCUT2D eigenvalue weighted by Crippen LogP contribution is -2.70. The largest absolute Gasteiger partial charge is 0.465 e. The zero-order valence-electron chi connectivity index (χ0n) is 24.0. The van der Waals surface area contributed by atoms with Gasteiger partial charge in [0.05, 0.1) is 24.0 Å². The molecule has 5 aliphatic rings. The van der Waals surface area contributed by atoms with Crippen molar-refractivity contribution in [1.29, 1.82) is 0 Å². The highest BCUT2D eigenvalue weighted by Crippen LogP contribution is 2.70. The Morgan fingerprint density at radius 3 is 2.36 bits per heavy atom. The third kappa shape index (κ3) is 4.69. The van der Waals surface area contributed by atoms with Crippen LogP contribution in [0.5, 0.6) is 0 Å². The molecular weight excluding hydrogens is 508 g/mol. The Balaban J connectivity index is 1.57. The fraction of sp³-hybridized carbons (Fsp3) is 0.897. The van der Waals surface area contributed by atoms with Crippen molar-refractivity contribution in [3.8, 4) is 0 Å². The molecule has 220 valence electrons. The molecule has 0 aromatic heterocycles. The third-order valence-corrected chi connectivity index (χ3v) is 10.8. The summed E-state index contributed by atoms with van der Waals surface area (Å²) in [6.07, 6.45) is 0.964. The first-order chi connectivity index (χ1) is 18.4. The van der Waals surface area contributed by atoms with Gasteiger partial charge in [-0.25, -0.2) is 0 Å². The summed E-state index contributed by atoms with van der Waals surface area (Å²) in [6.45, 7) is 11.4. The van der Waals surface area contributed by atoms with Gasteiger partial charge in [-0.05, 0) is 37.5 Å². The van der Waals surface area contributed by atoms with Crippen molar-refractivity contribution in [2.75, 3.05) is 13.2 Å². The van der Waals surface area contributed by atoms with Crippen LogP contribution in [0.15, 0.2) is 0 Å². The van der Waals surface area contributed by atoms with Crippen LogP contribution >= 0.6 is 0 Å². The minimum Gasteiger partial charge on any atom is -0.465 e. The quantitative estimate of drug-likeness (QED) is 0.286. The van der Waals surface area contributed by atoms with Crippen molar-refractivity contribution < 1.29 is 47.9 Å². The number of rotatable bonds is 7. The number of fused-ring (bicyclic) bond motifs is 3. The topological polar surface area (TPSA) is 130 Å². The lowest BCUT2D eigenvalue weighted by Gasteiger charge is -2.64. The minimum atomic E-state index is -0.841. The maximum Gasteiger partial charge on any atom is 0.308 e. The third-order valence-electron chi connectivity index (χ3n) is 10.8. The lowest BCUT2D eigenvalue weighted by molar-refractivity contribution is -0.271. The van der Waals surface area contributed by atoms with Crippen LogP contribution in [-0.2, 0) is 42.8 Å². The number of ether oxygens (including phenoxy) is 6. The maximum atomic E-state index is 12.9. The number of hydrogen-bond acceptors (Lipinski definition) is 10. The van der Waals surface area contributed by atoms with Crippen molar-refractivity contribution in [3.05, 3.63) is 0 Å². The molecule has 0 unspecified atom stereocenters. The number of hydrogen-bond donors (Lipinski definition) is 1. The van der Waals surface area contributed by atoms with E-state index in [4.69, 9.17) is 28.4 Å². The molecule has 12 atom stereocenters. The first-order valence-corrected chi connectivity index (χ1v) is 14.5. The second-order valence-electron chi connectivity index (χ2n) is 12.9. The molecule has 0 amide bonds. The first kappa shape index (κ1) is 28.8. The molecule has 0 aromatic carbocycles. The number of epoxide rings is 1. The molecule has 1 spiro atoms. The van der Waals surface area contributed by atoms with Crippen LogP contribution in [0.4, 0.5) is 0 Å². The highest BCUT2D eigenvalue weighted by atomic mass is 16.7. The summed E-state index contributed by atoms with van der Waals surface area (Å²) in [5.74, 6) is -1.37. The van der Waals surface area contributed by atoms with E-state index >= 15 is 0 Å². The normalized spacial score (nSPS) is 47.2. The number of aliphatic hydroxyl groups is 1. The van der Waals surface area contributed by atoms with Crippen LogP contribution in [0.3, 0.4) is 0 Å². The van der Waals surface area contributed by atoms with E-state index < -0.39 is 53.2 Å². The summed E-state index contributed by atoms with van der Waals surface area (Å²) in [5.41, 5.74) is -2.09. The fourth-order valence-electron chi connectivity index (χ4n) is 8.27. The molecule has 0 bridgehead atoms. The summed E-state index contributed by atoms with van der Waals surface area (Å²) >= 11 is 0. The first-order valence-electron chi connectivity index (χ1n) is 14.5. The number of carbonyl (C=O) groups excluding carboxylic acids is 3. The van der Waals surface area contributed by atoms with E-state index in [-0.39, 0.29) is 42.4 Å². The van der Waals surface area contributed by atoms with Gasteiger partial charge < -0.3 is 33.5 Å². The molecule has 39 heavy (non-hydrogen) atoms. The van der Waals surface area contributed by atoms with Crippen LogP contribution in [-0.4, -0.2) is 72.7 Å². The molecule has 0 aromatic rings. The van der Waals surface area contributed by atoms with Crippen molar-refractivity contribution in [1.82, 2.24) is 0 Å². The van der Waals surface area contributed by atoms with Crippen molar-refractivity contribution in [3.63, 3.8) is 0 Å². The van der Waals surface area contributed by atoms with Gasteiger partial charge in [-0.15, -0.1) is 0 Å². The Morgan fingerprint density at radius 1 is 1.05 bits per heavy atom. The van der Waals surface area contributed by atoms with E-state index in [0.717, 1.165) is 0 Å². The molecule has 0 radical (unpaired) electrons. The van der Waals surface area contributed by atoms with Crippen molar-refractivity contribution >= 4 is 17.9 Å². The second kappa shape index (κ2) is 10.3. The summed E-state index contributed by atoms with van der Waals surface area (Å²) < 4.78 is 36.4. The zero-order chi connectivity index (χ0) is 28.3. The van der Waals surface area contributed by atoms with Gasteiger partial charge in [0.1, 0.15) is 24.4 Å². The Hall–Kier alpha value is -1.75. The monoisotopic (exact) mass is 552 g/mol. The van der Waals surface area contributed by atoms with Gasteiger partial charge in [-0.2, -0.15) is 0 Å². The Kier molecular flexibility index (Phi) is 7.57. The van der Waals surface area contributed by atoms with Crippen LogP contribution in [0.1, 0.15) is 80.1 Å². The molecule has 1 N–H and O–H groups in total. The number of aliphatic hydroxyl groups excluding tert-OH is 1. The minimum absolute atomic E-state index is 0.0358. The molecule has 2 saturated carbocycles. The fourth-order valence-corrected chi connectivity index (χ4v) is 8.27. The highest BCUT2D eigenvalue weighted by molar-refractivity contribution is 5.72. The SMILES string of the molecule is CC[C@@H](C)C(=O)O[C@H]1C[C@@H]2[C@@](C)([C@@H]3C[C@H]4C[C@H](O)O[C@H]4O3)[C@H](C)C[C@H](OC(C)=O)[C@@]2(COC(C)=O)[C@@]2(CO2)C1. The predicted molar refractivity (Wildman–Crippen MR) is 136 cm³/mol. The van der Waals surface area contributed by atoms with Gasteiger partial charge in [0.15, 0.2) is 12.6 Å².